The predicted octanol–water partition coefficient (Wildman–Crippen LogP) is 7.42. The van der Waals surface area contributed by atoms with E-state index in [1.807, 2.05) is 66.7 Å². The van der Waals surface area contributed by atoms with Gasteiger partial charge in [0, 0.05) is 11.6 Å². The molecule has 0 saturated heterocycles. The van der Waals surface area contributed by atoms with Gasteiger partial charge in [-0.05, 0) is 52.8 Å². The second kappa shape index (κ2) is 14.0. The maximum atomic E-state index is 14.1. The Morgan fingerprint density at radius 2 is 1.39 bits per heavy atom. The summed E-state index contributed by atoms with van der Waals surface area (Å²) in [5.41, 5.74) is 5.68. The van der Waals surface area contributed by atoms with Gasteiger partial charge in [-0.1, -0.05) is 85.3 Å². The summed E-state index contributed by atoms with van der Waals surface area (Å²) < 4.78 is 32.5. The van der Waals surface area contributed by atoms with Gasteiger partial charge in [-0.2, -0.15) is 0 Å². The van der Waals surface area contributed by atoms with Crippen LogP contribution in [0, 0.1) is 5.82 Å². The Balaban J connectivity index is 1.81. The first kappa shape index (κ1) is 27.6. The van der Waals surface area contributed by atoms with Crippen molar-refractivity contribution in [3.8, 4) is 22.6 Å². The zero-order chi connectivity index (χ0) is 26.7. The lowest BCUT2D eigenvalue weighted by atomic mass is 9.90. The molecule has 4 rings (SSSR count). The molecule has 0 spiro atoms. The summed E-state index contributed by atoms with van der Waals surface area (Å²) >= 11 is 6.22. The largest absolute Gasteiger partial charge is 0.488 e. The van der Waals surface area contributed by atoms with Crippen LogP contribution >= 0.6 is 11.6 Å². The second-order valence-electron chi connectivity index (χ2n) is 8.82. The Hall–Kier alpha value is -3.38. The fourth-order valence-corrected chi connectivity index (χ4v) is 4.59. The van der Waals surface area contributed by atoms with E-state index in [0.717, 1.165) is 39.1 Å². The molecule has 0 aliphatic carbocycles. The maximum Gasteiger partial charge on any atom is 0.141 e. The van der Waals surface area contributed by atoms with Crippen LogP contribution < -0.4 is 9.47 Å². The first-order valence-corrected chi connectivity index (χ1v) is 13.1. The van der Waals surface area contributed by atoms with E-state index in [9.17, 15) is 9.50 Å². The molecule has 4 aromatic carbocycles. The monoisotopic (exact) mass is 534 g/mol. The van der Waals surface area contributed by atoms with Gasteiger partial charge in [0.1, 0.15) is 30.5 Å². The molecule has 4 nitrogen and oxygen atoms in total. The normalized spacial score (nSPS) is 10.9. The lowest BCUT2D eigenvalue weighted by Gasteiger charge is -2.23. The molecule has 0 radical (unpaired) electrons. The Morgan fingerprint density at radius 1 is 0.763 bits per heavy atom. The molecule has 0 amide bonds. The van der Waals surface area contributed by atoms with Crippen molar-refractivity contribution in [1.29, 1.82) is 0 Å². The highest BCUT2D eigenvalue weighted by Crippen LogP contribution is 2.43. The van der Waals surface area contributed by atoms with E-state index < -0.39 is 5.82 Å². The second-order valence-corrected chi connectivity index (χ2v) is 9.23. The smallest absolute Gasteiger partial charge is 0.141 e. The van der Waals surface area contributed by atoms with E-state index >= 15 is 0 Å². The summed E-state index contributed by atoms with van der Waals surface area (Å²) in [4.78, 5) is 0. The summed E-state index contributed by atoms with van der Waals surface area (Å²) in [5, 5.41) is 9.23. The van der Waals surface area contributed by atoms with Crippen LogP contribution in [0.1, 0.15) is 29.2 Å². The molecule has 0 aliphatic heterocycles. The van der Waals surface area contributed by atoms with Crippen LogP contribution in [0.4, 0.5) is 4.39 Å². The first-order chi connectivity index (χ1) is 18.6. The van der Waals surface area contributed by atoms with E-state index in [1.54, 1.807) is 12.1 Å². The molecule has 0 heterocycles. The number of hydrogen-bond acceptors (Lipinski definition) is 4. The molecule has 198 valence electrons. The molecule has 0 aromatic heterocycles. The molecule has 0 bridgehead atoms. The summed E-state index contributed by atoms with van der Waals surface area (Å²) in [6.07, 6.45) is 1.26. The molecular formula is C32H32ClFO4. The molecule has 0 aliphatic rings. The van der Waals surface area contributed by atoms with Crippen LogP contribution in [0.2, 0.25) is 5.02 Å². The van der Waals surface area contributed by atoms with Gasteiger partial charge in [0.2, 0.25) is 0 Å². The van der Waals surface area contributed by atoms with E-state index in [2.05, 4.69) is 6.92 Å². The van der Waals surface area contributed by atoms with E-state index in [1.165, 1.54) is 6.07 Å². The van der Waals surface area contributed by atoms with Gasteiger partial charge in [-0.3, -0.25) is 0 Å². The molecule has 0 saturated carbocycles. The van der Waals surface area contributed by atoms with Crippen molar-refractivity contribution in [2.24, 2.45) is 0 Å². The minimum absolute atomic E-state index is 0.0430. The topological polar surface area (TPSA) is 47.9 Å². The highest BCUT2D eigenvalue weighted by atomic mass is 35.5. The maximum absolute atomic E-state index is 14.1. The van der Waals surface area contributed by atoms with Gasteiger partial charge >= 0.3 is 0 Å². The number of rotatable bonds is 13. The Morgan fingerprint density at radius 3 is 1.97 bits per heavy atom. The minimum atomic E-state index is -0.478. The molecule has 0 unspecified atom stereocenters. The van der Waals surface area contributed by atoms with Crippen molar-refractivity contribution in [2.75, 3.05) is 19.8 Å². The van der Waals surface area contributed by atoms with Crippen molar-refractivity contribution in [3.05, 3.63) is 118 Å². The van der Waals surface area contributed by atoms with Crippen molar-refractivity contribution in [2.45, 2.75) is 33.0 Å². The summed E-state index contributed by atoms with van der Waals surface area (Å²) in [6, 6.07) is 26.6. The van der Waals surface area contributed by atoms with Crippen LogP contribution in [0.5, 0.6) is 11.5 Å². The van der Waals surface area contributed by atoms with Gasteiger partial charge in [0.15, 0.2) is 0 Å². The third-order valence-corrected chi connectivity index (χ3v) is 6.53. The van der Waals surface area contributed by atoms with Crippen LogP contribution in [0.15, 0.2) is 84.9 Å². The SMILES string of the molecule is CCc1c(OCc2ccccc2)cc(OCc2ccccc2)c(-c2ccc(F)c(Cl)c2)c1CCOCCO. The molecule has 0 atom stereocenters. The van der Waals surface area contributed by atoms with Crippen LogP contribution in [0.3, 0.4) is 0 Å². The zero-order valence-corrected chi connectivity index (χ0v) is 22.2. The standard InChI is InChI=1S/C32H32ClFO4/c1-2-26-27(15-17-36-18-16-35)32(25-13-14-29(34)28(33)19-25)31(38-22-24-11-7-4-8-12-24)20-30(26)37-21-23-9-5-3-6-10-23/h3-14,19-20,35H,2,15-18,21-22H2,1H3. The predicted molar refractivity (Wildman–Crippen MR) is 149 cm³/mol. The van der Waals surface area contributed by atoms with Gasteiger partial charge in [-0.15, -0.1) is 0 Å². The van der Waals surface area contributed by atoms with E-state index in [0.29, 0.717) is 38.4 Å². The van der Waals surface area contributed by atoms with Crippen LogP contribution in [-0.2, 0) is 30.8 Å². The van der Waals surface area contributed by atoms with E-state index in [4.69, 9.17) is 25.8 Å². The van der Waals surface area contributed by atoms with Crippen molar-refractivity contribution in [1.82, 2.24) is 0 Å². The van der Waals surface area contributed by atoms with E-state index in [-0.39, 0.29) is 18.2 Å². The van der Waals surface area contributed by atoms with Gasteiger partial charge in [0.25, 0.3) is 0 Å². The lowest BCUT2D eigenvalue weighted by molar-refractivity contribution is 0.0943. The molecule has 6 heteroatoms. The van der Waals surface area contributed by atoms with Crippen LogP contribution in [0.25, 0.3) is 11.1 Å². The van der Waals surface area contributed by atoms with Crippen molar-refractivity contribution < 1.29 is 23.7 Å². The minimum Gasteiger partial charge on any atom is -0.488 e. The lowest BCUT2D eigenvalue weighted by Crippen LogP contribution is -2.10. The summed E-state index contributed by atoms with van der Waals surface area (Å²) in [7, 11) is 0. The third-order valence-electron chi connectivity index (χ3n) is 6.24. The molecule has 4 aromatic rings. The highest BCUT2D eigenvalue weighted by Gasteiger charge is 2.22. The summed E-state index contributed by atoms with van der Waals surface area (Å²) in [6.45, 7) is 3.44. The van der Waals surface area contributed by atoms with Gasteiger partial charge < -0.3 is 19.3 Å². The Kier molecular flexibility index (Phi) is 10.2. The van der Waals surface area contributed by atoms with Crippen LogP contribution in [-0.4, -0.2) is 24.9 Å². The molecular weight excluding hydrogens is 503 g/mol. The van der Waals surface area contributed by atoms with Crippen molar-refractivity contribution in [3.63, 3.8) is 0 Å². The number of aliphatic hydroxyl groups excluding tert-OH is 1. The zero-order valence-electron chi connectivity index (χ0n) is 21.5. The fraction of sp³-hybridized carbons (Fsp3) is 0.250. The Labute approximate surface area is 228 Å². The third kappa shape index (κ3) is 7.13. The van der Waals surface area contributed by atoms with Gasteiger partial charge in [-0.25, -0.2) is 4.39 Å². The number of aliphatic hydroxyl groups is 1. The quantitative estimate of drug-likeness (QED) is 0.181. The number of benzene rings is 4. The highest BCUT2D eigenvalue weighted by molar-refractivity contribution is 6.31. The van der Waals surface area contributed by atoms with Crippen molar-refractivity contribution >= 4 is 11.6 Å². The van der Waals surface area contributed by atoms with Gasteiger partial charge in [0.05, 0.1) is 24.8 Å². The molecule has 1 N–H and O–H groups in total. The molecule has 38 heavy (non-hydrogen) atoms. The first-order valence-electron chi connectivity index (χ1n) is 12.8. The number of hydrogen-bond donors (Lipinski definition) is 1. The summed E-state index contributed by atoms with van der Waals surface area (Å²) in [5.74, 6) is 0.871. The number of ether oxygens (including phenoxy) is 3. The fourth-order valence-electron chi connectivity index (χ4n) is 4.41. The number of halogens is 2. The average Bonchev–Trinajstić information content (AvgIpc) is 2.95. The Bertz CT molecular complexity index is 1310. The molecule has 0 fully saturated rings. The average molecular weight is 535 g/mol.